The number of unbranched alkanes of at least 4 members (excludes halogenated alkanes) is 25. The molecule has 0 bridgehead atoms. The Hall–Kier alpha value is -0.150. The van der Waals surface area contributed by atoms with Gasteiger partial charge in [-0.25, -0.2) is 4.57 Å². The van der Waals surface area contributed by atoms with Gasteiger partial charge in [-0.2, -0.15) is 0 Å². The van der Waals surface area contributed by atoms with Crippen molar-refractivity contribution in [2.45, 2.75) is 194 Å². The van der Waals surface area contributed by atoms with Crippen LogP contribution in [0.15, 0.2) is 12.2 Å². The summed E-state index contributed by atoms with van der Waals surface area (Å²) in [6.45, 7) is 5.17. The summed E-state index contributed by atoms with van der Waals surface area (Å²) in [6.07, 6.45) is 40.4. The predicted octanol–water partition coefficient (Wildman–Crippen LogP) is 12.6. The maximum absolute atomic E-state index is 12.0. The molecule has 39 heavy (non-hydrogen) atoms. The van der Waals surface area contributed by atoms with E-state index in [1.54, 1.807) is 0 Å². The van der Waals surface area contributed by atoms with Gasteiger partial charge in [0.25, 0.3) is 0 Å². The quantitative estimate of drug-likeness (QED) is 0.0483. The Bertz CT molecular complexity index is 537. The van der Waals surface area contributed by atoms with Gasteiger partial charge in [0.05, 0.1) is 13.2 Å². The van der Waals surface area contributed by atoms with Gasteiger partial charge in [-0.05, 0) is 38.5 Å². The van der Waals surface area contributed by atoms with Gasteiger partial charge in [0.15, 0.2) is 0 Å². The molecule has 0 aliphatic carbocycles. The molecular formula is C34H69O4P. The molecule has 0 aliphatic rings. The molecule has 0 rings (SSSR count). The van der Waals surface area contributed by atoms with Crippen molar-refractivity contribution >= 4 is 7.82 Å². The Kier molecular flexibility index (Phi) is 32.2. The van der Waals surface area contributed by atoms with Crippen LogP contribution in [-0.2, 0) is 13.6 Å². The molecule has 0 radical (unpaired) electrons. The number of allylic oxidation sites excluding steroid dienone is 2. The molecule has 234 valence electrons. The van der Waals surface area contributed by atoms with E-state index in [0.29, 0.717) is 13.2 Å². The minimum Gasteiger partial charge on any atom is -0.302 e. The lowest BCUT2D eigenvalue weighted by Gasteiger charge is -2.12. The van der Waals surface area contributed by atoms with Crippen LogP contribution in [0.5, 0.6) is 0 Å². The highest BCUT2D eigenvalue weighted by Gasteiger charge is 2.19. The molecule has 4 nitrogen and oxygen atoms in total. The molecule has 0 heterocycles. The van der Waals surface area contributed by atoms with Crippen LogP contribution in [0.2, 0.25) is 0 Å². The van der Waals surface area contributed by atoms with E-state index in [2.05, 4.69) is 26.0 Å². The predicted molar refractivity (Wildman–Crippen MR) is 171 cm³/mol. The molecule has 1 N–H and O–H groups in total. The Morgan fingerprint density at radius 1 is 0.436 bits per heavy atom. The van der Waals surface area contributed by atoms with Crippen LogP contribution < -0.4 is 0 Å². The highest BCUT2D eigenvalue weighted by molar-refractivity contribution is 7.47. The molecule has 0 aromatic heterocycles. The standard InChI is InChI=1S/C34H69O4P/c1-3-5-7-9-11-13-15-17-19-20-22-24-26-28-30-32-34-38-39(35,36)37-33-31-29-27-25-23-21-18-16-14-12-10-8-6-4-2/h17,19H,3-16,18,20-34H2,1-2H3,(H,35,36)/b19-17+. The van der Waals surface area contributed by atoms with Crippen LogP contribution >= 0.6 is 7.82 Å². The highest BCUT2D eigenvalue weighted by atomic mass is 31.2. The van der Waals surface area contributed by atoms with Crippen LogP contribution in [0.3, 0.4) is 0 Å². The Balaban J connectivity index is 3.31. The molecule has 0 fully saturated rings. The van der Waals surface area contributed by atoms with Crippen LogP contribution in [0.25, 0.3) is 0 Å². The zero-order chi connectivity index (χ0) is 28.5. The van der Waals surface area contributed by atoms with Gasteiger partial charge >= 0.3 is 7.82 Å². The lowest BCUT2D eigenvalue weighted by molar-refractivity contribution is 0.145. The van der Waals surface area contributed by atoms with E-state index in [9.17, 15) is 9.46 Å². The van der Waals surface area contributed by atoms with Gasteiger partial charge in [-0.1, -0.05) is 167 Å². The second kappa shape index (κ2) is 32.4. The van der Waals surface area contributed by atoms with E-state index in [-0.39, 0.29) is 0 Å². The van der Waals surface area contributed by atoms with E-state index in [1.807, 2.05) is 0 Å². The van der Waals surface area contributed by atoms with Crippen LogP contribution in [0.4, 0.5) is 0 Å². The molecule has 0 saturated heterocycles. The van der Waals surface area contributed by atoms with Crippen LogP contribution in [0.1, 0.15) is 194 Å². The summed E-state index contributed by atoms with van der Waals surface area (Å²) < 4.78 is 22.3. The Morgan fingerprint density at radius 2 is 0.692 bits per heavy atom. The maximum atomic E-state index is 12.0. The van der Waals surface area contributed by atoms with E-state index < -0.39 is 7.82 Å². The zero-order valence-corrected chi connectivity index (χ0v) is 27.4. The molecular weight excluding hydrogens is 503 g/mol. The summed E-state index contributed by atoms with van der Waals surface area (Å²) in [6, 6.07) is 0. The van der Waals surface area contributed by atoms with Crippen molar-refractivity contribution in [1.82, 2.24) is 0 Å². The number of hydrogen-bond donors (Lipinski definition) is 1. The average Bonchev–Trinajstić information content (AvgIpc) is 2.92. The normalized spacial score (nSPS) is 13.4. The second-order valence-electron chi connectivity index (χ2n) is 11.7. The molecule has 0 aliphatic heterocycles. The molecule has 1 atom stereocenters. The first-order chi connectivity index (χ1) is 19.1. The van der Waals surface area contributed by atoms with Crippen LogP contribution in [-0.4, -0.2) is 18.1 Å². The van der Waals surface area contributed by atoms with Crippen molar-refractivity contribution in [2.75, 3.05) is 13.2 Å². The summed E-state index contributed by atoms with van der Waals surface area (Å²) in [4.78, 5) is 9.85. The third-order valence-corrected chi connectivity index (χ3v) is 8.68. The highest BCUT2D eigenvalue weighted by Crippen LogP contribution is 2.43. The van der Waals surface area contributed by atoms with Crippen molar-refractivity contribution in [3.8, 4) is 0 Å². The molecule has 1 unspecified atom stereocenters. The topological polar surface area (TPSA) is 55.8 Å². The van der Waals surface area contributed by atoms with Crippen molar-refractivity contribution in [3.63, 3.8) is 0 Å². The minimum absolute atomic E-state index is 0.313. The molecule has 0 saturated carbocycles. The van der Waals surface area contributed by atoms with E-state index in [0.717, 1.165) is 25.7 Å². The van der Waals surface area contributed by atoms with E-state index in [1.165, 1.54) is 154 Å². The average molecular weight is 573 g/mol. The van der Waals surface area contributed by atoms with Gasteiger partial charge in [0.1, 0.15) is 0 Å². The SMILES string of the molecule is CCCCCCCC/C=C/CCCCCCCCOP(=O)(O)OCCCCCCCCCCCCCCCC. The first kappa shape index (κ1) is 38.9. The van der Waals surface area contributed by atoms with Crippen molar-refractivity contribution in [1.29, 1.82) is 0 Å². The number of rotatable bonds is 33. The van der Waals surface area contributed by atoms with Gasteiger partial charge in [-0.15, -0.1) is 0 Å². The lowest BCUT2D eigenvalue weighted by atomic mass is 10.0. The van der Waals surface area contributed by atoms with Gasteiger partial charge in [0.2, 0.25) is 0 Å². The van der Waals surface area contributed by atoms with E-state index in [4.69, 9.17) is 9.05 Å². The largest absolute Gasteiger partial charge is 0.472 e. The third kappa shape index (κ3) is 34.0. The monoisotopic (exact) mass is 572 g/mol. The summed E-state index contributed by atoms with van der Waals surface area (Å²) in [5, 5.41) is 0. The summed E-state index contributed by atoms with van der Waals surface area (Å²) in [5.74, 6) is 0. The Labute approximate surface area is 245 Å². The maximum Gasteiger partial charge on any atom is 0.472 e. The smallest absolute Gasteiger partial charge is 0.302 e. The number of hydrogen-bond acceptors (Lipinski definition) is 3. The third-order valence-electron chi connectivity index (χ3n) is 7.66. The first-order valence-electron chi connectivity index (χ1n) is 17.4. The summed E-state index contributed by atoms with van der Waals surface area (Å²) >= 11 is 0. The number of phosphoric ester groups is 1. The Morgan fingerprint density at radius 3 is 1.00 bits per heavy atom. The lowest BCUT2D eigenvalue weighted by Crippen LogP contribution is -1.99. The zero-order valence-electron chi connectivity index (χ0n) is 26.5. The van der Waals surface area contributed by atoms with Crippen molar-refractivity contribution < 1.29 is 18.5 Å². The fourth-order valence-electron chi connectivity index (χ4n) is 5.04. The fourth-order valence-corrected chi connectivity index (χ4v) is 5.84. The van der Waals surface area contributed by atoms with Crippen molar-refractivity contribution in [3.05, 3.63) is 12.2 Å². The second-order valence-corrected chi connectivity index (χ2v) is 13.1. The molecule has 0 aromatic carbocycles. The van der Waals surface area contributed by atoms with E-state index >= 15 is 0 Å². The number of phosphoric acid groups is 1. The molecule has 0 spiro atoms. The van der Waals surface area contributed by atoms with Crippen LogP contribution in [0, 0.1) is 0 Å². The molecule has 0 amide bonds. The van der Waals surface area contributed by atoms with Gasteiger partial charge in [0, 0.05) is 0 Å². The van der Waals surface area contributed by atoms with Crippen molar-refractivity contribution in [2.24, 2.45) is 0 Å². The minimum atomic E-state index is -3.88. The molecule has 0 aromatic rings. The summed E-state index contributed by atoms with van der Waals surface area (Å²) in [7, 11) is -3.88. The fraction of sp³-hybridized carbons (Fsp3) is 0.941. The van der Waals surface area contributed by atoms with Gasteiger partial charge in [-0.3, -0.25) is 9.05 Å². The first-order valence-corrected chi connectivity index (χ1v) is 18.9. The summed E-state index contributed by atoms with van der Waals surface area (Å²) in [5.41, 5.74) is 0. The van der Waals surface area contributed by atoms with Gasteiger partial charge < -0.3 is 4.89 Å². The molecule has 5 heteroatoms.